The molecule has 2 fully saturated rings. The second-order valence-corrected chi connectivity index (χ2v) is 6.96. The molecule has 0 bridgehead atoms. The fourth-order valence-electron chi connectivity index (χ4n) is 3.75. The summed E-state index contributed by atoms with van der Waals surface area (Å²) in [5, 5.41) is 0. The van der Waals surface area contributed by atoms with Crippen LogP contribution in [0.2, 0.25) is 0 Å². The lowest BCUT2D eigenvalue weighted by Gasteiger charge is -2.37. The van der Waals surface area contributed by atoms with E-state index >= 15 is 0 Å². The SMILES string of the molecule is C[NH+]1CCN(C(=O)OCc2ccccc2)[C@@H](C[NH+]2CCCC2)C1. The highest BCUT2D eigenvalue weighted by Crippen LogP contribution is 2.07. The van der Waals surface area contributed by atoms with Gasteiger partial charge in [0.05, 0.1) is 33.2 Å². The van der Waals surface area contributed by atoms with Crippen LogP contribution in [0, 0.1) is 0 Å². The summed E-state index contributed by atoms with van der Waals surface area (Å²) in [5.74, 6) is 0. The molecule has 2 heterocycles. The molecule has 0 saturated carbocycles. The molecule has 1 aromatic carbocycles. The van der Waals surface area contributed by atoms with E-state index in [9.17, 15) is 4.79 Å². The number of hydrogen-bond donors (Lipinski definition) is 2. The van der Waals surface area contributed by atoms with Gasteiger partial charge in [-0.2, -0.15) is 0 Å². The number of carbonyl (C=O) groups is 1. The van der Waals surface area contributed by atoms with Crippen LogP contribution < -0.4 is 9.80 Å². The average molecular weight is 319 g/mol. The van der Waals surface area contributed by atoms with Crippen LogP contribution in [0.4, 0.5) is 4.79 Å². The zero-order valence-electron chi connectivity index (χ0n) is 14.1. The van der Waals surface area contributed by atoms with E-state index in [4.69, 9.17) is 4.74 Å². The molecular weight excluding hydrogens is 290 g/mol. The number of rotatable bonds is 4. The second kappa shape index (κ2) is 7.79. The smallest absolute Gasteiger partial charge is 0.410 e. The lowest BCUT2D eigenvalue weighted by Crippen LogP contribution is -3.17. The minimum absolute atomic E-state index is 0.148. The molecule has 2 saturated heterocycles. The van der Waals surface area contributed by atoms with Gasteiger partial charge in [0.15, 0.2) is 0 Å². The Balaban J connectivity index is 1.57. The molecule has 23 heavy (non-hydrogen) atoms. The number of quaternary nitrogens is 2. The highest BCUT2D eigenvalue weighted by molar-refractivity contribution is 5.68. The molecule has 1 amide bonds. The van der Waals surface area contributed by atoms with Gasteiger partial charge in [0.25, 0.3) is 0 Å². The standard InChI is InChI=1S/C18H27N3O2/c1-19-11-12-21(17(13-19)14-20-9-5-6-10-20)18(22)23-15-16-7-3-2-4-8-16/h2-4,7-8,17H,5-6,9-15H2,1H3/p+2/t17-/m1/s1. The van der Waals surface area contributed by atoms with E-state index in [1.165, 1.54) is 30.8 Å². The van der Waals surface area contributed by atoms with Crippen molar-refractivity contribution in [2.45, 2.75) is 25.5 Å². The molecule has 0 spiro atoms. The Morgan fingerprint density at radius 3 is 2.70 bits per heavy atom. The summed E-state index contributed by atoms with van der Waals surface area (Å²) < 4.78 is 5.57. The van der Waals surface area contributed by atoms with Crippen molar-refractivity contribution >= 4 is 6.09 Å². The maximum atomic E-state index is 12.5. The number of likely N-dealkylation sites (tertiary alicyclic amines) is 1. The highest BCUT2D eigenvalue weighted by atomic mass is 16.6. The summed E-state index contributed by atoms with van der Waals surface area (Å²) in [4.78, 5) is 17.7. The van der Waals surface area contributed by atoms with Crippen molar-refractivity contribution in [3.05, 3.63) is 35.9 Å². The van der Waals surface area contributed by atoms with Gasteiger partial charge in [-0.15, -0.1) is 0 Å². The van der Waals surface area contributed by atoms with Gasteiger partial charge in [-0.1, -0.05) is 30.3 Å². The van der Waals surface area contributed by atoms with Gasteiger partial charge in [0.2, 0.25) is 0 Å². The zero-order valence-corrected chi connectivity index (χ0v) is 14.1. The van der Waals surface area contributed by atoms with E-state index in [2.05, 4.69) is 7.05 Å². The third kappa shape index (κ3) is 4.45. The fourth-order valence-corrected chi connectivity index (χ4v) is 3.75. The van der Waals surface area contributed by atoms with Crippen molar-refractivity contribution in [2.75, 3.05) is 46.3 Å². The van der Waals surface area contributed by atoms with E-state index in [1.54, 1.807) is 4.90 Å². The maximum Gasteiger partial charge on any atom is 0.410 e. The minimum atomic E-state index is -0.148. The van der Waals surface area contributed by atoms with Crippen LogP contribution in [0.15, 0.2) is 30.3 Å². The molecule has 0 aliphatic carbocycles. The topological polar surface area (TPSA) is 38.4 Å². The molecule has 3 rings (SSSR count). The number of likely N-dealkylation sites (N-methyl/N-ethyl adjacent to an activating group) is 1. The quantitative estimate of drug-likeness (QED) is 0.763. The van der Waals surface area contributed by atoms with Gasteiger partial charge in [-0.05, 0) is 5.56 Å². The number of hydrogen-bond acceptors (Lipinski definition) is 2. The van der Waals surface area contributed by atoms with E-state index in [0.29, 0.717) is 12.6 Å². The van der Waals surface area contributed by atoms with Gasteiger partial charge in [-0.3, -0.25) is 4.90 Å². The largest absolute Gasteiger partial charge is 0.445 e. The second-order valence-electron chi connectivity index (χ2n) is 6.96. The Morgan fingerprint density at radius 2 is 1.96 bits per heavy atom. The van der Waals surface area contributed by atoms with Gasteiger partial charge >= 0.3 is 6.09 Å². The molecule has 126 valence electrons. The molecule has 1 unspecified atom stereocenters. The summed E-state index contributed by atoms with van der Waals surface area (Å²) in [6.07, 6.45) is 2.50. The number of amides is 1. The van der Waals surface area contributed by atoms with Crippen LogP contribution in [0.1, 0.15) is 18.4 Å². The predicted molar refractivity (Wildman–Crippen MR) is 88.5 cm³/mol. The molecule has 0 aromatic heterocycles. The van der Waals surface area contributed by atoms with Crippen LogP contribution in [-0.2, 0) is 11.3 Å². The van der Waals surface area contributed by atoms with Crippen LogP contribution in [0.25, 0.3) is 0 Å². The van der Waals surface area contributed by atoms with Crippen LogP contribution >= 0.6 is 0 Å². The lowest BCUT2D eigenvalue weighted by molar-refractivity contribution is -0.912. The van der Waals surface area contributed by atoms with Crippen LogP contribution in [-0.4, -0.2) is 63.4 Å². The Hall–Kier alpha value is -1.59. The molecule has 2 aliphatic rings. The summed E-state index contributed by atoms with van der Waals surface area (Å²) in [7, 11) is 2.22. The zero-order chi connectivity index (χ0) is 16.1. The normalized spacial score (nSPS) is 25.5. The van der Waals surface area contributed by atoms with E-state index in [-0.39, 0.29) is 6.09 Å². The highest BCUT2D eigenvalue weighted by Gasteiger charge is 2.36. The Labute approximate surface area is 138 Å². The van der Waals surface area contributed by atoms with Crippen LogP contribution in [0.5, 0.6) is 0 Å². The molecule has 1 aromatic rings. The summed E-state index contributed by atoms with van der Waals surface area (Å²) in [5.41, 5.74) is 1.04. The monoisotopic (exact) mass is 319 g/mol. The molecule has 0 radical (unpaired) electrons. The van der Waals surface area contributed by atoms with Crippen molar-refractivity contribution in [2.24, 2.45) is 0 Å². The van der Waals surface area contributed by atoms with E-state index in [1.807, 2.05) is 35.2 Å². The Morgan fingerprint density at radius 1 is 1.22 bits per heavy atom. The predicted octanol–water partition coefficient (Wildman–Crippen LogP) is -0.799. The van der Waals surface area contributed by atoms with Crippen molar-refractivity contribution in [3.63, 3.8) is 0 Å². The number of carbonyl (C=O) groups excluding carboxylic acids is 1. The number of nitrogens with zero attached hydrogens (tertiary/aromatic N) is 1. The lowest BCUT2D eigenvalue weighted by atomic mass is 10.1. The summed E-state index contributed by atoms with van der Waals surface area (Å²) in [6, 6.07) is 10.2. The van der Waals surface area contributed by atoms with Crippen molar-refractivity contribution in [3.8, 4) is 0 Å². The van der Waals surface area contributed by atoms with Crippen molar-refractivity contribution < 1.29 is 19.3 Å². The molecule has 2 N–H and O–H groups in total. The van der Waals surface area contributed by atoms with Crippen molar-refractivity contribution in [1.82, 2.24) is 4.90 Å². The first-order valence-electron chi connectivity index (χ1n) is 8.84. The molecular formula is C18H29N3O2+2. The van der Waals surface area contributed by atoms with Crippen LogP contribution in [0.3, 0.4) is 0 Å². The molecule has 2 atom stereocenters. The molecule has 5 nitrogen and oxygen atoms in total. The van der Waals surface area contributed by atoms with Crippen molar-refractivity contribution in [1.29, 1.82) is 0 Å². The molecule has 2 aliphatic heterocycles. The summed E-state index contributed by atoms with van der Waals surface area (Å²) in [6.45, 7) is 6.78. The van der Waals surface area contributed by atoms with Gasteiger partial charge in [-0.25, -0.2) is 4.79 Å². The van der Waals surface area contributed by atoms with Gasteiger partial charge in [0, 0.05) is 12.8 Å². The van der Waals surface area contributed by atoms with Gasteiger partial charge in [0.1, 0.15) is 25.7 Å². The van der Waals surface area contributed by atoms with E-state index in [0.717, 1.165) is 31.7 Å². The van der Waals surface area contributed by atoms with E-state index < -0.39 is 0 Å². The number of benzene rings is 1. The first-order chi connectivity index (χ1) is 11.2. The molecule has 5 heteroatoms. The maximum absolute atomic E-state index is 12.5. The minimum Gasteiger partial charge on any atom is -0.445 e. The fraction of sp³-hybridized carbons (Fsp3) is 0.611. The average Bonchev–Trinajstić information content (AvgIpc) is 3.07. The number of ether oxygens (including phenoxy) is 1. The third-order valence-corrected chi connectivity index (χ3v) is 5.08. The third-order valence-electron chi connectivity index (χ3n) is 5.08. The first-order valence-corrected chi connectivity index (χ1v) is 8.84. The first kappa shape index (κ1) is 16.3. The number of piperazine rings is 1. The number of nitrogens with one attached hydrogen (secondary N) is 2. The van der Waals surface area contributed by atoms with Gasteiger partial charge < -0.3 is 14.5 Å². The Bertz CT molecular complexity index is 502. The Kier molecular flexibility index (Phi) is 5.51. The summed E-state index contributed by atoms with van der Waals surface area (Å²) >= 11 is 0.